The van der Waals surface area contributed by atoms with E-state index in [2.05, 4.69) is 15.2 Å². The molecule has 2 unspecified atom stereocenters. The lowest BCUT2D eigenvalue weighted by molar-refractivity contribution is 0.103. The minimum absolute atomic E-state index is 0.255. The first-order valence-electron chi connectivity index (χ1n) is 9.91. The standard InChI is InChI=1S/C21H29ClN6O2/c1-13(23)20(24)21(2,25)27-17-11-18(28-7-9-30-10-8-28)26-12-15(17)19(29)14-5-3-4-6-16(14)22/h3-6,11-13,20H,7-10,23-25H2,1-2H3,(H,26,27)/t13?,20?,21-/m1/s1. The fraction of sp³-hybridized carbons (Fsp3) is 0.429. The molecule has 0 amide bonds. The van der Waals surface area contributed by atoms with Crippen LogP contribution >= 0.6 is 11.6 Å². The maximum Gasteiger partial charge on any atom is 0.198 e. The van der Waals surface area contributed by atoms with E-state index in [1.165, 1.54) is 0 Å². The molecule has 2 aromatic rings. The Morgan fingerprint density at radius 2 is 1.93 bits per heavy atom. The van der Waals surface area contributed by atoms with Crippen molar-refractivity contribution in [2.24, 2.45) is 17.2 Å². The Hall–Kier alpha value is -2.23. The molecule has 7 N–H and O–H groups in total. The Kier molecular flexibility index (Phi) is 6.95. The van der Waals surface area contributed by atoms with Crippen molar-refractivity contribution in [1.29, 1.82) is 0 Å². The second-order valence-electron chi connectivity index (χ2n) is 7.79. The van der Waals surface area contributed by atoms with Crippen LogP contribution in [0.15, 0.2) is 36.5 Å². The molecule has 1 saturated heterocycles. The number of rotatable bonds is 7. The minimum Gasteiger partial charge on any atom is -0.378 e. The maximum absolute atomic E-state index is 13.3. The van der Waals surface area contributed by atoms with E-state index >= 15 is 0 Å². The maximum atomic E-state index is 13.3. The van der Waals surface area contributed by atoms with Crippen LogP contribution < -0.4 is 27.4 Å². The van der Waals surface area contributed by atoms with Gasteiger partial charge in [-0.3, -0.25) is 4.79 Å². The average Bonchev–Trinajstić information content (AvgIpc) is 2.73. The lowest BCUT2D eigenvalue weighted by Gasteiger charge is -2.36. The van der Waals surface area contributed by atoms with Gasteiger partial charge in [-0.15, -0.1) is 0 Å². The van der Waals surface area contributed by atoms with Crippen LogP contribution in [0.4, 0.5) is 11.5 Å². The summed E-state index contributed by atoms with van der Waals surface area (Å²) in [7, 11) is 0. The second kappa shape index (κ2) is 9.28. The van der Waals surface area contributed by atoms with E-state index < -0.39 is 11.7 Å². The topological polar surface area (TPSA) is 133 Å². The van der Waals surface area contributed by atoms with Gasteiger partial charge in [0.15, 0.2) is 5.78 Å². The highest BCUT2D eigenvalue weighted by Crippen LogP contribution is 2.28. The van der Waals surface area contributed by atoms with Crippen molar-refractivity contribution in [2.75, 3.05) is 36.5 Å². The number of ketones is 1. The van der Waals surface area contributed by atoms with Crippen LogP contribution in [0.5, 0.6) is 0 Å². The number of carbonyl (C=O) groups excluding carboxylic acids is 1. The highest BCUT2D eigenvalue weighted by atomic mass is 35.5. The zero-order valence-electron chi connectivity index (χ0n) is 17.3. The Morgan fingerprint density at radius 3 is 2.57 bits per heavy atom. The summed E-state index contributed by atoms with van der Waals surface area (Å²) in [5.74, 6) is 0.468. The number of nitrogens with two attached hydrogens (primary N) is 3. The van der Waals surface area contributed by atoms with Crippen molar-refractivity contribution in [3.63, 3.8) is 0 Å². The Morgan fingerprint density at radius 1 is 1.27 bits per heavy atom. The van der Waals surface area contributed by atoms with Crippen LogP contribution in [0.25, 0.3) is 0 Å². The van der Waals surface area contributed by atoms with Crippen LogP contribution in [-0.2, 0) is 4.74 Å². The van der Waals surface area contributed by atoms with Crippen LogP contribution in [-0.4, -0.2) is 54.8 Å². The van der Waals surface area contributed by atoms with Crippen molar-refractivity contribution >= 4 is 28.9 Å². The first-order chi connectivity index (χ1) is 14.2. The van der Waals surface area contributed by atoms with Crippen LogP contribution in [0, 0.1) is 0 Å². The van der Waals surface area contributed by atoms with Gasteiger partial charge in [-0.25, -0.2) is 4.98 Å². The SMILES string of the molecule is CC(N)C(N)[C@](C)(N)Nc1cc(N2CCOCC2)ncc1C(=O)c1ccccc1Cl. The van der Waals surface area contributed by atoms with Crippen LogP contribution in [0.3, 0.4) is 0 Å². The third-order valence-corrected chi connectivity index (χ3v) is 5.58. The van der Waals surface area contributed by atoms with E-state index in [0.717, 1.165) is 5.82 Å². The third kappa shape index (κ3) is 4.91. The van der Waals surface area contributed by atoms with E-state index in [1.807, 2.05) is 6.07 Å². The van der Waals surface area contributed by atoms with E-state index in [-0.39, 0.29) is 11.8 Å². The van der Waals surface area contributed by atoms with Gasteiger partial charge in [0.2, 0.25) is 0 Å². The molecule has 0 bridgehead atoms. The molecule has 1 fully saturated rings. The molecule has 1 aliphatic rings. The summed E-state index contributed by atoms with van der Waals surface area (Å²) in [6.07, 6.45) is 1.55. The van der Waals surface area contributed by atoms with Gasteiger partial charge in [0, 0.05) is 37.0 Å². The number of nitrogens with zero attached hydrogens (tertiary/aromatic N) is 2. The molecule has 1 aliphatic heterocycles. The van der Waals surface area contributed by atoms with Gasteiger partial charge in [-0.05, 0) is 26.0 Å². The fourth-order valence-corrected chi connectivity index (χ4v) is 3.63. The van der Waals surface area contributed by atoms with Crippen molar-refractivity contribution < 1.29 is 9.53 Å². The number of hydrogen-bond acceptors (Lipinski definition) is 8. The average molecular weight is 433 g/mol. The molecule has 0 saturated carbocycles. The first-order valence-corrected chi connectivity index (χ1v) is 10.3. The molecule has 1 aromatic carbocycles. The molecule has 1 aromatic heterocycles. The normalized spacial score (nSPS) is 18.4. The molecule has 0 radical (unpaired) electrons. The van der Waals surface area contributed by atoms with Gasteiger partial charge in [0.05, 0.1) is 41.2 Å². The molecule has 0 spiro atoms. The molecule has 30 heavy (non-hydrogen) atoms. The first kappa shape index (κ1) is 22.5. The number of halogens is 1. The number of carbonyl (C=O) groups is 1. The number of ether oxygens (including phenoxy) is 1. The number of morpholine rings is 1. The molecule has 0 aliphatic carbocycles. The Labute approximate surface area is 181 Å². The summed E-state index contributed by atoms with van der Waals surface area (Å²) in [5, 5.41) is 3.60. The number of aromatic nitrogens is 1. The quantitative estimate of drug-likeness (QED) is 0.382. The zero-order valence-corrected chi connectivity index (χ0v) is 18.0. The Bertz CT molecular complexity index is 899. The van der Waals surface area contributed by atoms with Crippen molar-refractivity contribution in [3.8, 4) is 0 Å². The van der Waals surface area contributed by atoms with Gasteiger partial charge in [0.1, 0.15) is 5.82 Å². The zero-order chi connectivity index (χ0) is 21.9. The van der Waals surface area contributed by atoms with Crippen LogP contribution in [0.1, 0.15) is 29.8 Å². The van der Waals surface area contributed by atoms with E-state index in [4.69, 9.17) is 33.5 Å². The van der Waals surface area contributed by atoms with Crippen LogP contribution in [0.2, 0.25) is 5.02 Å². The minimum atomic E-state index is -1.06. The largest absolute Gasteiger partial charge is 0.378 e. The van der Waals surface area contributed by atoms with Crippen molar-refractivity contribution in [1.82, 2.24) is 4.98 Å². The summed E-state index contributed by atoms with van der Waals surface area (Å²) >= 11 is 6.25. The number of pyridine rings is 1. The molecule has 9 heteroatoms. The van der Waals surface area contributed by atoms with Gasteiger partial charge in [0.25, 0.3) is 0 Å². The van der Waals surface area contributed by atoms with Crippen molar-refractivity contribution in [3.05, 3.63) is 52.7 Å². The second-order valence-corrected chi connectivity index (χ2v) is 8.20. The third-order valence-electron chi connectivity index (χ3n) is 5.25. The Balaban J connectivity index is 2.02. The summed E-state index contributed by atoms with van der Waals surface area (Å²) in [6, 6.07) is 7.80. The van der Waals surface area contributed by atoms with Gasteiger partial charge in [-0.2, -0.15) is 0 Å². The molecule has 162 valence electrons. The number of benzene rings is 1. The molecular formula is C21H29ClN6O2. The fourth-order valence-electron chi connectivity index (χ4n) is 3.40. The lowest BCUT2D eigenvalue weighted by atomic mass is 9.96. The summed E-state index contributed by atoms with van der Waals surface area (Å²) in [6.45, 7) is 6.20. The highest BCUT2D eigenvalue weighted by Gasteiger charge is 2.32. The summed E-state index contributed by atoms with van der Waals surface area (Å²) < 4.78 is 5.42. The number of anilines is 2. The smallest absolute Gasteiger partial charge is 0.198 e. The monoisotopic (exact) mass is 432 g/mol. The molecular weight excluding hydrogens is 404 g/mol. The molecule has 3 atom stereocenters. The highest BCUT2D eigenvalue weighted by molar-refractivity contribution is 6.35. The van der Waals surface area contributed by atoms with Gasteiger partial charge < -0.3 is 32.2 Å². The number of hydrogen-bond donors (Lipinski definition) is 4. The van der Waals surface area contributed by atoms with Gasteiger partial charge >= 0.3 is 0 Å². The molecule has 8 nitrogen and oxygen atoms in total. The summed E-state index contributed by atoms with van der Waals surface area (Å²) in [5.41, 5.74) is 18.8. The predicted octanol–water partition coefficient (Wildman–Crippen LogP) is 1.56. The number of nitrogens with one attached hydrogen (secondary N) is 1. The van der Waals surface area contributed by atoms with E-state index in [0.29, 0.717) is 48.1 Å². The molecule has 2 heterocycles. The summed E-state index contributed by atoms with van der Waals surface area (Å²) in [4.78, 5) is 19.9. The predicted molar refractivity (Wildman–Crippen MR) is 120 cm³/mol. The van der Waals surface area contributed by atoms with E-state index in [1.54, 1.807) is 44.3 Å². The lowest BCUT2D eigenvalue weighted by Crippen LogP contribution is -2.64. The van der Waals surface area contributed by atoms with Gasteiger partial charge in [-0.1, -0.05) is 23.7 Å². The molecule has 3 rings (SSSR count). The van der Waals surface area contributed by atoms with Crippen molar-refractivity contribution in [2.45, 2.75) is 31.6 Å². The van der Waals surface area contributed by atoms with E-state index in [9.17, 15) is 4.79 Å².